The number of rotatable bonds is 6. The highest BCUT2D eigenvalue weighted by molar-refractivity contribution is 7.88. The third kappa shape index (κ3) is 5.60. The molecule has 1 heterocycles. The number of nitrogens with zero attached hydrogens (tertiary/aromatic N) is 3. The Morgan fingerprint density at radius 2 is 1.71 bits per heavy atom. The number of hydrogen-bond acceptors (Lipinski definition) is 6. The van der Waals surface area contributed by atoms with Crippen molar-refractivity contribution in [1.82, 2.24) is 14.1 Å². The second-order valence-corrected chi connectivity index (χ2v) is 6.90. The lowest BCUT2D eigenvalue weighted by molar-refractivity contribution is -0.143. The van der Waals surface area contributed by atoms with Gasteiger partial charge in [0.2, 0.25) is 15.9 Å². The molecule has 122 valence electrons. The first-order valence-corrected chi connectivity index (χ1v) is 8.64. The number of sulfonamides is 1. The van der Waals surface area contributed by atoms with Crippen molar-refractivity contribution in [3.8, 4) is 0 Å². The number of carbonyl (C=O) groups excluding carboxylic acids is 2. The Balaban J connectivity index is 2.48. The molecule has 1 rings (SSSR count). The van der Waals surface area contributed by atoms with Crippen LogP contribution in [-0.2, 0) is 24.3 Å². The molecule has 0 saturated carbocycles. The summed E-state index contributed by atoms with van der Waals surface area (Å²) in [5, 5.41) is 0. The van der Waals surface area contributed by atoms with Gasteiger partial charge in [0.1, 0.15) is 0 Å². The summed E-state index contributed by atoms with van der Waals surface area (Å²) < 4.78 is 28.8. The maximum atomic E-state index is 12.2. The minimum Gasteiger partial charge on any atom is -0.468 e. The van der Waals surface area contributed by atoms with E-state index in [4.69, 9.17) is 0 Å². The Hall–Kier alpha value is -1.19. The fraction of sp³-hybridized carbons (Fsp3) is 0.833. The highest BCUT2D eigenvalue weighted by Crippen LogP contribution is 2.06. The molecule has 1 aliphatic rings. The highest BCUT2D eigenvalue weighted by Gasteiger charge is 2.26. The van der Waals surface area contributed by atoms with Gasteiger partial charge < -0.3 is 9.64 Å². The number of carbonyl (C=O) groups is 2. The third-order valence-electron chi connectivity index (χ3n) is 3.45. The standard InChI is InChI=1S/C12H23N3O5S/c1-4-13(10-12(17)20-2)9-11(16)14-5-7-15(8-6-14)21(3,18)19/h4-10H2,1-3H3. The molecule has 8 nitrogen and oxygen atoms in total. The summed E-state index contributed by atoms with van der Waals surface area (Å²) in [6.45, 7) is 4.00. The van der Waals surface area contributed by atoms with Crippen LogP contribution in [0.5, 0.6) is 0 Å². The molecule has 0 aliphatic carbocycles. The van der Waals surface area contributed by atoms with Gasteiger partial charge in [-0.3, -0.25) is 14.5 Å². The molecule has 0 bridgehead atoms. The van der Waals surface area contributed by atoms with Crippen molar-refractivity contribution in [3.63, 3.8) is 0 Å². The maximum absolute atomic E-state index is 12.2. The maximum Gasteiger partial charge on any atom is 0.319 e. The lowest BCUT2D eigenvalue weighted by Gasteiger charge is -2.34. The van der Waals surface area contributed by atoms with Gasteiger partial charge >= 0.3 is 5.97 Å². The number of likely N-dealkylation sites (N-methyl/N-ethyl adjacent to an activating group) is 1. The molecular formula is C12H23N3O5S. The van der Waals surface area contributed by atoms with Crippen LogP contribution in [0.15, 0.2) is 0 Å². The first kappa shape index (κ1) is 17.9. The zero-order chi connectivity index (χ0) is 16.0. The van der Waals surface area contributed by atoms with Crippen molar-refractivity contribution in [2.75, 3.05) is 59.2 Å². The predicted octanol–water partition coefficient (Wildman–Crippen LogP) is -1.41. The summed E-state index contributed by atoms with van der Waals surface area (Å²) in [5.41, 5.74) is 0. The molecule has 0 aromatic heterocycles. The second kappa shape index (κ2) is 7.71. The number of ether oxygens (including phenoxy) is 1. The van der Waals surface area contributed by atoms with E-state index in [1.54, 1.807) is 9.80 Å². The summed E-state index contributed by atoms with van der Waals surface area (Å²) in [4.78, 5) is 26.7. The van der Waals surface area contributed by atoms with Gasteiger partial charge in [0, 0.05) is 26.2 Å². The molecule has 0 radical (unpaired) electrons. The molecule has 0 aromatic rings. The van der Waals surface area contributed by atoms with Crippen LogP contribution in [0.1, 0.15) is 6.92 Å². The van der Waals surface area contributed by atoms with Crippen LogP contribution in [0.3, 0.4) is 0 Å². The fourth-order valence-corrected chi connectivity index (χ4v) is 2.91. The first-order chi connectivity index (χ1) is 9.77. The number of piperazine rings is 1. The molecule has 0 aromatic carbocycles. The van der Waals surface area contributed by atoms with E-state index in [9.17, 15) is 18.0 Å². The fourth-order valence-electron chi connectivity index (χ4n) is 2.09. The van der Waals surface area contributed by atoms with Gasteiger partial charge in [-0.15, -0.1) is 0 Å². The summed E-state index contributed by atoms with van der Waals surface area (Å²) in [6.07, 6.45) is 1.17. The average molecular weight is 321 g/mol. The van der Waals surface area contributed by atoms with Crippen LogP contribution < -0.4 is 0 Å². The number of methoxy groups -OCH3 is 1. The van der Waals surface area contributed by atoms with Gasteiger partial charge in [-0.05, 0) is 6.54 Å². The van der Waals surface area contributed by atoms with Crippen LogP contribution in [0.2, 0.25) is 0 Å². The molecule has 0 N–H and O–H groups in total. The summed E-state index contributed by atoms with van der Waals surface area (Å²) in [5.74, 6) is -0.486. The molecule has 1 saturated heterocycles. The minimum absolute atomic E-state index is 0.0715. The molecular weight excluding hydrogens is 298 g/mol. The smallest absolute Gasteiger partial charge is 0.319 e. The Morgan fingerprint density at radius 3 is 2.14 bits per heavy atom. The van der Waals surface area contributed by atoms with Crippen molar-refractivity contribution in [3.05, 3.63) is 0 Å². The molecule has 0 spiro atoms. The van der Waals surface area contributed by atoms with Gasteiger partial charge in [-0.25, -0.2) is 8.42 Å². The van der Waals surface area contributed by atoms with Crippen molar-refractivity contribution >= 4 is 21.9 Å². The average Bonchev–Trinajstić information content (AvgIpc) is 2.45. The summed E-state index contributed by atoms with van der Waals surface area (Å²) >= 11 is 0. The van der Waals surface area contributed by atoms with Gasteiger partial charge in [0.25, 0.3) is 0 Å². The van der Waals surface area contributed by atoms with Gasteiger partial charge in [0.05, 0.1) is 26.5 Å². The number of esters is 1. The number of hydrogen-bond donors (Lipinski definition) is 0. The number of amides is 1. The van der Waals surface area contributed by atoms with E-state index in [1.165, 1.54) is 17.7 Å². The Kier molecular flexibility index (Phi) is 6.56. The summed E-state index contributed by atoms with van der Waals surface area (Å²) in [6, 6.07) is 0. The van der Waals surface area contributed by atoms with E-state index < -0.39 is 10.0 Å². The largest absolute Gasteiger partial charge is 0.468 e. The predicted molar refractivity (Wildman–Crippen MR) is 77.1 cm³/mol. The van der Waals surface area contributed by atoms with Crippen LogP contribution in [-0.4, -0.2) is 93.6 Å². The van der Waals surface area contributed by atoms with Gasteiger partial charge in [0.15, 0.2) is 0 Å². The summed E-state index contributed by atoms with van der Waals surface area (Å²) in [7, 11) is -1.89. The van der Waals surface area contributed by atoms with E-state index in [-0.39, 0.29) is 25.0 Å². The lowest BCUT2D eigenvalue weighted by Crippen LogP contribution is -2.52. The van der Waals surface area contributed by atoms with Crippen LogP contribution >= 0.6 is 0 Å². The minimum atomic E-state index is -3.20. The third-order valence-corrected chi connectivity index (χ3v) is 4.75. The monoisotopic (exact) mass is 321 g/mol. The van der Waals surface area contributed by atoms with Gasteiger partial charge in [-0.1, -0.05) is 6.92 Å². The van der Waals surface area contributed by atoms with Crippen LogP contribution in [0.4, 0.5) is 0 Å². The highest BCUT2D eigenvalue weighted by atomic mass is 32.2. The van der Waals surface area contributed by atoms with Crippen molar-refractivity contribution in [2.45, 2.75) is 6.92 Å². The Morgan fingerprint density at radius 1 is 1.14 bits per heavy atom. The molecule has 9 heteroatoms. The van der Waals surface area contributed by atoms with E-state index in [0.717, 1.165) is 0 Å². The molecule has 21 heavy (non-hydrogen) atoms. The molecule has 1 amide bonds. The van der Waals surface area contributed by atoms with E-state index >= 15 is 0 Å². The molecule has 0 unspecified atom stereocenters. The first-order valence-electron chi connectivity index (χ1n) is 6.80. The van der Waals surface area contributed by atoms with Crippen LogP contribution in [0.25, 0.3) is 0 Å². The Bertz CT molecular complexity index is 471. The molecule has 0 atom stereocenters. The van der Waals surface area contributed by atoms with E-state index in [2.05, 4.69) is 4.74 Å². The normalized spacial score (nSPS) is 17.0. The lowest BCUT2D eigenvalue weighted by atomic mass is 10.3. The topological polar surface area (TPSA) is 87.2 Å². The second-order valence-electron chi connectivity index (χ2n) is 4.92. The van der Waals surface area contributed by atoms with Crippen molar-refractivity contribution in [2.24, 2.45) is 0 Å². The van der Waals surface area contributed by atoms with Crippen LogP contribution in [0, 0.1) is 0 Å². The van der Waals surface area contributed by atoms with Gasteiger partial charge in [-0.2, -0.15) is 4.31 Å². The Labute approximate surface area is 125 Å². The zero-order valence-corrected chi connectivity index (χ0v) is 13.6. The van der Waals surface area contributed by atoms with E-state index in [1.807, 2.05) is 6.92 Å². The molecule has 1 aliphatic heterocycles. The quantitative estimate of drug-likeness (QED) is 0.558. The van der Waals surface area contributed by atoms with Crippen molar-refractivity contribution < 1.29 is 22.7 Å². The van der Waals surface area contributed by atoms with E-state index in [0.29, 0.717) is 32.7 Å². The molecule has 1 fully saturated rings. The zero-order valence-electron chi connectivity index (χ0n) is 12.7. The SMILES string of the molecule is CCN(CC(=O)OC)CC(=O)N1CCN(S(C)(=O)=O)CC1. The van der Waals surface area contributed by atoms with Crippen molar-refractivity contribution in [1.29, 1.82) is 0 Å².